The number of carboxylic acid groups (broad SMARTS) is 1. The van der Waals surface area contributed by atoms with Crippen molar-refractivity contribution in [3.63, 3.8) is 0 Å². The van der Waals surface area contributed by atoms with E-state index in [-0.39, 0.29) is 6.54 Å². The first-order valence-corrected chi connectivity index (χ1v) is 10.0. The number of hydrogen-bond acceptors (Lipinski definition) is 4. The third-order valence-electron chi connectivity index (χ3n) is 4.42. The van der Waals surface area contributed by atoms with Crippen molar-refractivity contribution in [1.82, 2.24) is 15.2 Å². The van der Waals surface area contributed by atoms with Crippen LogP contribution in [-0.2, 0) is 13.0 Å². The molecular weight excluding hydrogens is 422 g/mol. The number of amides is 1. The molecule has 1 amide bonds. The van der Waals surface area contributed by atoms with Crippen LogP contribution in [0.1, 0.15) is 32.0 Å². The first kappa shape index (κ1) is 22.3. The van der Waals surface area contributed by atoms with E-state index >= 15 is 0 Å². The Labute approximate surface area is 174 Å². The Hall–Kier alpha value is -1.96. The van der Waals surface area contributed by atoms with Crippen molar-refractivity contribution in [3.05, 3.63) is 64.4 Å². The lowest BCUT2D eigenvalue weighted by Crippen LogP contribution is -2.58. The van der Waals surface area contributed by atoms with Crippen LogP contribution in [0, 0.1) is 0 Å². The van der Waals surface area contributed by atoms with Crippen molar-refractivity contribution >= 4 is 22.0 Å². The largest absolute Gasteiger partial charge is 0.465 e. The molecule has 1 aromatic heterocycles. The predicted octanol–water partition coefficient (Wildman–Crippen LogP) is 3.68. The molecular formula is C21H28BrN3O3. The summed E-state index contributed by atoms with van der Waals surface area (Å²) in [5.41, 5.74) is 1.18. The highest BCUT2D eigenvalue weighted by Gasteiger charge is 2.37. The van der Waals surface area contributed by atoms with Gasteiger partial charge in [0.25, 0.3) is 0 Å². The Kier molecular flexibility index (Phi) is 7.98. The molecule has 2 aromatic rings. The van der Waals surface area contributed by atoms with E-state index in [1.165, 1.54) is 4.90 Å². The normalized spacial score (nSPS) is 13.8. The van der Waals surface area contributed by atoms with Gasteiger partial charge in [0.15, 0.2) is 0 Å². The maximum Gasteiger partial charge on any atom is 0.408 e. The molecule has 28 heavy (non-hydrogen) atoms. The van der Waals surface area contributed by atoms with E-state index in [0.717, 1.165) is 15.9 Å². The van der Waals surface area contributed by atoms with Crippen LogP contribution in [-0.4, -0.2) is 50.4 Å². The molecule has 0 saturated heterocycles. The van der Waals surface area contributed by atoms with Crippen LogP contribution in [0.2, 0.25) is 0 Å². The number of nitrogens with one attached hydrogen (secondary N) is 1. The van der Waals surface area contributed by atoms with Crippen molar-refractivity contribution < 1.29 is 15.0 Å². The zero-order chi connectivity index (χ0) is 20.7. The molecule has 0 fully saturated rings. The number of benzene rings is 1. The summed E-state index contributed by atoms with van der Waals surface area (Å²) in [6.45, 7) is 6.25. The smallest absolute Gasteiger partial charge is 0.408 e. The lowest BCUT2D eigenvalue weighted by Gasteiger charge is -2.42. The van der Waals surface area contributed by atoms with E-state index < -0.39 is 23.8 Å². The second-order valence-electron chi connectivity index (χ2n) is 7.73. The average molecular weight is 450 g/mol. The van der Waals surface area contributed by atoms with Gasteiger partial charge in [-0.15, -0.1) is 0 Å². The predicted molar refractivity (Wildman–Crippen MR) is 113 cm³/mol. The van der Waals surface area contributed by atoms with Gasteiger partial charge in [-0.3, -0.25) is 4.90 Å². The summed E-state index contributed by atoms with van der Waals surface area (Å²) in [7, 11) is 0. The summed E-state index contributed by atoms with van der Waals surface area (Å²) in [6, 6.07) is 14.7. The number of aliphatic hydroxyl groups is 1. The van der Waals surface area contributed by atoms with Crippen LogP contribution in [0.5, 0.6) is 0 Å². The van der Waals surface area contributed by atoms with Crippen LogP contribution < -0.4 is 5.32 Å². The summed E-state index contributed by atoms with van der Waals surface area (Å²) in [4.78, 5) is 17.7. The molecule has 0 unspecified atom stereocenters. The number of pyridine rings is 1. The standard InChI is InChI=1S/C21H28BrN3O3/c1-21(2,3)25(20(27)28)17(12-15-8-5-4-6-9-15)18(26)14-23-13-16-10-7-11-19(22)24-16/h4-11,17-18,23,26H,12-14H2,1-3H3,(H,27,28)/t17-,18-/m0/s1. The highest BCUT2D eigenvalue weighted by Crippen LogP contribution is 2.22. The van der Waals surface area contributed by atoms with Gasteiger partial charge in [0.05, 0.1) is 17.8 Å². The van der Waals surface area contributed by atoms with E-state index in [2.05, 4.69) is 26.2 Å². The maximum atomic E-state index is 12.0. The van der Waals surface area contributed by atoms with Gasteiger partial charge in [0.1, 0.15) is 4.60 Å². The third kappa shape index (κ3) is 6.58. The quantitative estimate of drug-likeness (QED) is 0.535. The molecule has 0 aliphatic rings. The molecule has 0 saturated carbocycles. The van der Waals surface area contributed by atoms with Crippen LogP contribution in [0.15, 0.2) is 53.1 Å². The summed E-state index contributed by atoms with van der Waals surface area (Å²) < 4.78 is 0.749. The molecule has 6 nitrogen and oxygen atoms in total. The number of halogens is 1. The SMILES string of the molecule is CC(C)(C)N(C(=O)O)[C@@H](Cc1ccccc1)[C@@H](O)CNCc1cccc(Br)n1. The number of nitrogens with zero attached hydrogens (tertiary/aromatic N) is 2. The second-order valence-corrected chi connectivity index (χ2v) is 8.54. The summed E-state index contributed by atoms with van der Waals surface area (Å²) >= 11 is 3.34. The zero-order valence-corrected chi connectivity index (χ0v) is 18.1. The Morgan fingerprint density at radius 1 is 1.18 bits per heavy atom. The van der Waals surface area contributed by atoms with E-state index in [4.69, 9.17) is 0 Å². The zero-order valence-electron chi connectivity index (χ0n) is 16.5. The van der Waals surface area contributed by atoms with E-state index in [0.29, 0.717) is 13.0 Å². The molecule has 1 heterocycles. The minimum atomic E-state index is -1.04. The van der Waals surface area contributed by atoms with Crippen LogP contribution in [0.4, 0.5) is 4.79 Å². The van der Waals surface area contributed by atoms with Crippen LogP contribution in [0.3, 0.4) is 0 Å². The monoisotopic (exact) mass is 449 g/mol. The molecule has 0 bridgehead atoms. The van der Waals surface area contributed by atoms with Crippen molar-refractivity contribution in [1.29, 1.82) is 0 Å². The molecule has 0 aliphatic carbocycles. The minimum Gasteiger partial charge on any atom is -0.465 e. The van der Waals surface area contributed by atoms with E-state index in [1.807, 2.05) is 69.3 Å². The summed E-state index contributed by atoms with van der Waals surface area (Å²) in [5.74, 6) is 0. The first-order valence-electron chi connectivity index (χ1n) is 9.25. The van der Waals surface area contributed by atoms with Crippen molar-refractivity contribution in [2.75, 3.05) is 6.54 Å². The highest BCUT2D eigenvalue weighted by molar-refractivity contribution is 9.10. The number of rotatable bonds is 8. The van der Waals surface area contributed by atoms with Crippen molar-refractivity contribution in [2.45, 2.75) is 51.4 Å². The topological polar surface area (TPSA) is 85.7 Å². The van der Waals surface area contributed by atoms with Crippen molar-refractivity contribution in [2.24, 2.45) is 0 Å². The fourth-order valence-electron chi connectivity index (χ4n) is 3.21. The van der Waals surface area contributed by atoms with Gasteiger partial charge in [0.2, 0.25) is 0 Å². The molecule has 0 radical (unpaired) electrons. The second kappa shape index (κ2) is 10.0. The number of aromatic nitrogens is 1. The van der Waals surface area contributed by atoms with Crippen LogP contribution in [0.25, 0.3) is 0 Å². The van der Waals surface area contributed by atoms with E-state index in [1.54, 1.807) is 0 Å². The van der Waals surface area contributed by atoms with Crippen LogP contribution >= 0.6 is 15.9 Å². The van der Waals surface area contributed by atoms with E-state index in [9.17, 15) is 15.0 Å². The van der Waals surface area contributed by atoms with Gasteiger partial charge in [-0.25, -0.2) is 9.78 Å². The molecule has 1 aromatic carbocycles. The fraction of sp³-hybridized carbons (Fsp3) is 0.429. The molecule has 2 rings (SSSR count). The van der Waals surface area contributed by atoms with Gasteiger partial charge in [-0.05, 0) is 60.8 Å². The Balaban J connectivity index is 2.13. The van der Waals surface area contributed by atoms with Gasteiger partial charge in [-0.2, -0.15) is 0 Å². The maximum absolute atomic E-state index is 12.0. The summed E-state index contributed by atoms with van der Waals surface area (Å²) in [6.07, 6.45) is -1.48. The van der Waals surface area contributed by atoms with Gasteiger partial charge in [0, 0.05) is 18.6 Å². The average Bonchev–Trinajstić information content (AvgIpc) is 2.60. The Morgan fingerprint density at radius 2 is 1.86 bits per heavy atom. The minimum absolute atomic E-state index is 0.256. The van der Waals surface area contributed by atoms with Gasteiger partial charge >= 0.3 is 6.09 Å². The highest BCUT2D eigenvalue weighted by atomic mass is 79.9. The molecule has 3 N–H and O–H groups in total. The van der Waals surface area contributed by atoms with Crippen molar-refractivity contribution in [3.8, 4) is 0 Å². The number of aliphatic hydroxyl groups excluding tert-OH is 1. The molecule has 7 heteroatoms. The first-order chi connectivity index (χ1) is 13.2. The molecule has 0 spiro atoms. The third-order valence-corrected chi connectivity index (χ3v) is 4.87. The molecule has 0 aliphatic heterocycles. The lowest BCUT2D eigenvalue weighted by atomic mass is 9.94. The summed E-state index contributed by atoms with van der Waals surface area (Å²) in [5, 5.41) is 23.9. The Morgan fingerprint density at radius 3 is 2.43 bits per heavy atom. The number of carbonyl (C=O) groups is 1. The number of hydrogen-bond donors (Lipinski definition) is 3. The lowest BCUT2D eigenvalue weighted by molar-refractivity contribution is 0.00768. The fourth-order valence-corrected chi connectivity index (χ4v) is 3.59. The molecule has 2 atom stereocenters. The van der Waals surface area contributed by atoms with Gasteiger partial charge < -0.3 is 15.5 Å². The van der Waals surface area contributed by atoms with Gasteiger partial charge in [-0.1, -0.05) is 36.4 Å². The Bertz CT molecular complexity index is 765. The molecule has 152 valence electrons.